The molecule has 0 rings (SSSR count). The first-order valence-corrected chi connectivity index (χ1v) is 4.27. The monoisotopic (exact) mass is 158 g/mol. The fourth-order valence-electron chi connectivity index (χ4n) is 1.08. The Morgan fingerprint density at radius 2 is 1.82 bits per heavy atom. The maximum absolute atomic E-state index is 5.55. The lowest BCUT2D eigenvalue weighted by atomic mass is 9.96. The van der Waals surface area contributed by atoms with Crippen molar-refractivity contribution in [2.45, 2.75) is 33.7 Å². The molecule has 2 N–H and O–H groups in total. The molecule has 0 aromatic heterocycles. The van der Waals surface area contributed by atoms with E-state index in [1.54, 1.807) is 0 Å². The molecule has 0 aliphatic rings. The molecule has 0 aromatic rings. The van der Waals surface area contributed by atoms with Crippen molar-refractivity contribution < 1.29 is 0 Å². The van der Waals surface area contributed by atoms with Gasteiger partial charge in [0.15, 0.2) is 0 Å². The lowest BCUT2D eigenvalue weighted by Crippen LogP contribution is -2.40. The minimum absolute atomic E-state index is 0.373. The Labute approximate surface area is 70.8 Å². The lowest BCUT2D eigenvalue weighted by molar-refractivity contribution is 0.184. The first-order valence-electron chi connectivity index (χ1n) is 4.27. The molecule has 0 heterocycles. The van der Waals surface area contributed by atoms with Crippen LogP contribution in [0.15, 0.2) is 0 Å². The fraction of sp³-hybridized carbons (Fsp3) is 1.00. The fourth-order valence-corrected chi connectivity index (χ4v) is 1.08. The van der Waals surface area contributed by atoms with Crippen LogP contribution in [0.2, 0.25) is 0 Å². The molecule has 0 aliphatic carbocycles. The minimum atomic E-state index is 0.373. The summed E-state index contributed by atoms with van der Waals surface area (Å²) in [5, 5.41) is 0. The summed E-state index contributed by atoms with van der Waals surface area (Å²) < 4.78 is 0. The number of nitrogens with zero attached hydrogens (tertiary/aromatic N) is 1. The topological polar surface area (TPSA) is 29.3 Å². The van der Waals surface area contributed by atoms with E-state index < -0.39 is 0 Å². The molecule has 1 unspecified atom stereocenters. The highest BCUT2D eigenvalue weighted by Gasteiger charge is 2.16. The Morgan fingerprint density at radius 3 is 2.09 bits per heavy atom. The maximum Gasteiger partial charge on any atom is 0.0187 e. The van der Waals surface area contributed by atoms with Crippen LogP contribution >= 0.6 is 0 Å². The number of nitrogens with two attached hydrogens (primary N) is 1. The summed E-state index contributed by atoms with van der Waals surface area (Å²) in [5.41, 5.74) is 5.92. The van der Waals surface area contributed by atoms with Crippen molar-refractivity contribution in [3.63, 3.8) is 0 Å². The Balaban J connectivity index is 3.77. The lowest BCUT2D eigenvalue weighted by Gasteiger charge is -2.30. The van der Waals surface area contributed by atoms with Crippen LogP contribution in [0, 0.1) is 5.41 Å². The standard InChI is InChI=1S/C9H22N2/c1-8(6-10)11(5)7-9(2,3)4/h8H,6-7,10H2,1-5H3. The predicted molar refractivity (Wildman–Crippen MR) is 50.6 cm³/mol. The van der Waals surface area contributed by atoms with Gasteiger partial charge in [-0.25, -0.2) is 0 Å². The van der Waals surface area contributed by atoms with Crippen LogP contribution in [0.1, 0.15) is 27.7 Å². The molecule has 68 valence electrons. The van der Waals surface area contributed by atoms with Crippen LogP contribution in [0.3, 0.4) is 0 Å². The average molecular weight is 158 g/mol. The molecule has 11 heavy (non-hydrogen) atoms. The smallest absolute Gasteiger partial charge is 0.0187 e. The van der Waals surface area contributed by atoms with Gasteiger partial charge in [0.1, 0.15) is 0 Å². The highest BCUT2D eigenvalue weighted by molar-refractivity contribution is 4.71. The second-order valence-corrected chi connectivity index (χ2v) is 4.56. The van der Waals surface area contributed by atoms with E-state index in [9.17, 15) is 0 Å². The molecule has 2 heteroatoms. The van der Waals surface area contributed by atoms with Crippen molar-refractivity contribution in [3.05, 3.63) is 0 Å². The van der Waals surface area contributed by atoms with E-state index in [0.717, 1.165) is 13.1 Å². The van der Waals surface area contributed by atoms with E-state index in [-0.39, 0.29) is 0 Å². The van der Waals surface area contributed by atoms with Crippen LogP contribution in [0.25, 0.3) is 0 Å². The van der Waals surface area contributed by atoms with Crippen molar-refractivity contribution >= 4 is 0 Å². The molecule has 0 saturated carbocycles. The zero-order valence-corrected chi connectivity index (χ0v) is 8.52. The Bertz CT molecular complexity index is 105. The van der Waals surface area contributed by atoms with Crippen molar-refractivity contribution in [1.82, 2.24) is 4.90 Å². The van der Waals surface area contributed by atoms with Crippen molar-refractivity contribution in [1.29, 1.82) is 0 Å². The largest absolute Gasteiger partial charge is 0.329 e. The van der Waals surface area contributed by atoms with E-state index in [1.165, 1.54) is 0 Å². The van der Waals surface area contributed by atoms with Gasteiger partial charge in [-0.2, -0.15) is 0 Å². The van der Waals surface area contributed by atoms with Gasteiger partial charge in [-0.05, 0) is 19.4 Å². The first kappa shape index (κ1) is 10.9. The van der Waals surface area contributed by atoms with Gasteiger partial charge < -0.3 is 10.6 Å². The summed E-state index contributed by atoms with van der Waals surface area (Å²) >= 11 is 0. The number of hydrogen-bond donors (Lipinski definition) is 1. The van der Waals surface area contributed by atoms with Gasteiger partial charge in [-0.1, -0.05) is 20.8 Å². The van der Waals surface area contributed by atoms with Crippen molar-refractivity contribution in [3.8, 4) is 0 Å². The van der Waals surface area contributed by atoms with Gasteiger partial charge in [0, 0.05) is 19.1 Å². The third-order valence-electron chi connectivity index (χ3n) is 1.82. The van der Waals surface area contributed by atoms with Gasteiger partial charge in [0.2, 0.25) is 0 Å². The molecule has 0 spiro atoms. The summed E-state index contributed by atoms with van der Waals surface area (Å²) in [6, 6.07) is 0.495. The Hall–Kier alpha value is -0.0800. The predicted octanol–water partition coefficient (Wildman–Crippen LogP) is 1.31. The van der Waals surface area contributed by atoms with Crippen molar-refractivity contribution in [2.75, 3.05) is 20.1 Å². The molecule has 0 aliphatic heterocycles. The van der Waals surface area contributed by atoms with E-state index in [2.05, 4.69) is 39.6 Å². The molecule has 2 nitrogen and oxygen atoms in total. The first-order chi connectivity index (χ1) is 4.87. The van der Waals surface area contributed by atoms with Crippen LogP contribution < -0.4 is 5.73 Å². The van der Waals surface area contributed by atoms with Gasteiger partial charge in [-0.3, -0.25) is 0 Å². The molecule has 0 saturated heterocycles. The van der Waals surface area contributed by atoms with E-state index >= 15 is 0 Å². The van der Waals surface area contributed by atoms with Gasteiger partial charge in [0.25, 0.3) is 0 Å². The molecule has 0 fully saturated rings. The van der Waals surface area contributed by atoms with Crippen molar-refractivity contribution in [2.24, 2.45) is 11.1 Å². The normalized spacial score (nSPS) is 15.5. The highest BCUT2D eigenvalue weighted by atomic mass is 15.1. The van der Waals surface area contributed by atoms with E-state index in [1.807, 2.05) is 0 Å². The molecule has 0 amide bonds. The summed E-state index contributed by atoms with van der Waals surface area (Å²) in [6.45, 7) is 10.7. The molecular weight excluding hydrogens is 136 g/mol. The second-order valence-electron chi connectivity index (χ2n) is 4.56. The van der Waals surface area contributed by atoms with Gasteiger partial charge in [-0.15, -0.1) is 0 Å². The summed E-state index contributed by atoms with van der Waals surface area (Å²) in [5.74, 6) is 0. The highest BCUT2D eigenvalue weighted by Crippen LogP contribution is 2.15. The van der Waals surface area contributed by atoms with Gasteiger partial charge in [0.05, 0.1) is 0 Å². The zero-order chi connectivity index (χ0) is 9.07. The average Bonchev–Trinajstić information content (AvgIpc) is 1.82. The molecule has 0 radical (unpaired) electrons. The number of hydrogen-bond acceptors (Lipinski definition) is 2. The van der Waals surface area contributed by atoms with Crippen LogP contribution in [0.4, 0.5) is 0 Å². The maximum atomic E-state index is 5.55. The van der Waals surface area contributed by atoms with E-state index in [4.69, 9.17) is 5.73 Å². The SMILES string of the molecule is CC(CN)N(C)CC(C)(C)C. The minimum Gasteiger partial charge on any atom is -0.329 e. The number of rotatable bonds is 3. The number of likely N-dealkylation sites (N-methyl/N-ethyl adjacent to an activating group) is 1. The third-order valence-corrected chi connectivity index (χ3v) is 1.82. The second kappa shape index (κ2) is 4.07. The van der Waals surface area contributed by atoms with Gasteiger partial charge >= 0.3 is 0 Å². The molecule has 0 aromatic carbocycles. The summed E-state index contributed by atoms with van der Waals surface area (Å²) in [7, 11) is 2.13. The summed E-state index contributed by atoms with van der Waals surface area (Å²) in [6.07, 6.45) is 0. The summed E-state index contributed by atoms with van der Waals surface area (Å²) in [4.78, 5) is 2.31. The molecular formula is C9H22N2. The zero-order valence-electron chi connectivity index (χ0n) is 8.52. The Kier molecular flexibility index (Phi) is 4.04. The Morgan fingerprint density at radius 1 is 1.36 bits per heavy atom. The quantitative estimate of drug-likeness (QED) is 0.671. The molecule has 0 bridgehead atoms. The van der Waals surface area contributed by atoms with Crippen LogP contribution in [-0.2, 0) is 0 Å². The van der Waals surface area contributed by atoms with Crippen LogP contribution in [0.5, 0.6) is 0 Å². The molecule has 1 atom stereocenters. The third kappa shape index (κ3) is 5.22. The van der Waals surface area contributed by atoms with Crippen LogP contribution in [-0.4, -0.2) is 31.1 Å². The van der Waals surface area contributed by atoms with E-state index in [0.29, 0.717) is 11.5 Å².